The third kappa shape index (κ3) is 3.20. The van der Waals surface area contributed by atoms with Crippen LogP contribution in [-0.2, 0) is 16.1 Å². The van der Waals surface area contributed by atoms with E-state index in [1.165, 1.54) is 11.6 Å². The maximum absolute atomic E-state index is 11.7. The number of hydrogen-bond acceptors (Lipinski definition) is 3. The lowest BCUT2D eigenvalue weighted by Crippen LogP contribution is -2.23. The summed E-state index contributed by atoms with van der Waals surface area (Å²) in [5.74, 6) is -1.48. The van der Waals surface area contributed by atoms with E-state index in [2.05, 4.69) is 5.32 Å². The third-order valence-electron chi connectivity index (χ3n) is 2.70. The molecule has 0 aliphatic heterocycles. The molecule has 0 saturated heterocycles. The fourth-order valence-corrected chi connectivity index (χ4v) is 2.70. The predicted molar refractivity (Wildman–Crippen MR) is 75.1 cm³/mol. The SMILES string of the molecule is C/C(=C\C(=O)O)C(=O)NCc1csc2ccccc12. The standard InChI is InChI=1S/C14H13NO3S/c1-9(6-13(16)17)14(18)15-7-10-8-19-12-5-3-2-4-11(10)12/h2-6,8H,7H2,1H3,(H,15,18)(H,16,17)/b9-6+. The van der Waals surface area contributed by atoms with Crippen molar-refractivity contribution < 1.29 is 14.7 Å². The van der Waals surface area contributed by atoms with E-state index in [0.29, 0.717) is 6.54 Å². The fraction of sp³-hybridized carbons (Fsp3) is 0.143. The highest BCUT2D eigenvalue weighted by atomic mass is 32.1. The van der Waals surface area contributed by atoms with Gasteiger partial charge < -0.3 is 10.4 Å². The first-order valence-electron chi connectivity index (χ1n) is 5.72. The number of benzene rings is 1. The van der Waals surface area contributed by atoms with E-state index in [1.807, 2.05) is 29.6 Å². The van der Waals surface area contributed by atoms with Crippen LogP contribution >= 0.6 is 11.3 Å². The summed E-state index contributed by atoms with van der Waals surface area (Å²) in [6, 6.07) is 7.96. The van der Waals surface area contributed by atoms with Crippen LogP contribution in [0.1, 0.15) is 12.5 Å². The van der Waals surface area contributed by atoms with E-state index in [0.717, 1.165) is 17.0 Å². The van der Waals surface area contributed by atoms with Crippen LogP contribution in [0.25, 0.3) is 10.1 Å². The normalized spacial score (nSPS) is 11.5. The summed E-state index contributed by atoms with van der Waals surface area (Å²) >= 11 is 1.62. The molecule has 1 amide bonds. The summed E-state index contributed by atoms with van der Waals surface area (Å²) in [6.07, 6.45) is 0.904. The molecule has 0 saturated carbocycles. The van der Waals surface area contributed by atoms with Gasteiger partial charge in [-0.3, -0.25) is 4.79 Å². The molecule has 1 aromatic heterocycles. The number of hydrogen-bond donors (Lipinski definition) is 2. The topological polar surface area (TPSA) is 66.4 Å². The summed E-state index contributed by atoms with van der Waals surface area (Å²) in [5.41, 5.74) is 1.23. The van der Waals surface area contributed by atoms with E-state index in [9.17, 15) is 9.59 Å². The van der Waals surface area contributed by atoms with Gasteiger partial charge in [0, 0.05) is 22.9 Å². The maximum atomic E-state index is 11.7. The number of carboxylic acid groups (broad SMARTS) is 1. The number of nitrogens with one attached hydrogen (secondary N) is 1. The van der Waals surface area contributed by atoms with Crippen molar-refractivity contribution >= 4 is 33.3 Å². The van der Waals surface area contributed by atoms with E-state index in [1.54, 1.807) is 11.3 Å². The van der Waals surface area contributed by atoms with Crippen LogP contribution < -0.4 is 5.32 Å². The molecule has 19 heavy (non-hydrogen) atoms. The van der Waals surface area contributed by atoms with E-state index >= 15 is 0 Å². The van der Waals surface area contributed by atoms with Crippen LogP contribution in [0.2, 0.25) is 0 Å². The zero-order valence-corrected chi connectivity index (χ0v) is 11.2. The first-order chi connectivity index (χ1) is 9.08. The van der Waals surface area contributed by atoms with Gasteiger partial charge in [0.1, 0.15) is 0 Å². The lowest BCUT2D eigenvalue weighted by atomic mass is 10.2. The van der Waals surface area contributed by atoms with Crippen LogP contribution in [0.3, 0.4) is 0 Å². The quantitative estimate of drug-likeness (QED) is 0.843. The first kappa shape index (κ1) is 13.3. The molecular weight excluding hydrogens is 262 g/mol. The van der Waals surface area contributed by atoms with Gasteiger partial charge in [0.05, 0.1) is 0 Å². The molecule has 1 aromatic carbocycles. The number of amides is 1. The fourth-order valence-electron chi connectivity index (χ4n) is 1.74. The molecule has 2 aromatic rings. The molecule has 0 unspecified atom stereocenters. The average molecular weight is 275 g/mol. The van der Waals surface area contributed by atoms with Gasteiger partial charge in [0.25, 0.3) is 0 Å². The molecule has 2 rings (SSSR count). The molecule has 98 valence electrons. The molecule has 0 aliphatic rings. The summed E-state index contributed by atoms with van der Waals surface area (Å²) in [7, 11) is 0. The van der Waals surface area contributed by atoms with E-state index in [-0.39, 0.29) is 11.5 Å². The van der Waals surface area contributed by atoms with Gasteiger partial charge in [-0.25, -0.2) is 4.79 Å². The monoisotopic (exact) mass is 275 g/mol. The van der Waals surface area contributed by atoms with Crippen molar-refractivity contribution in [3.05, 3.63) is 46.9 Å². The lowest BCUT2D eigenvalue weighted by Gasteiger charge is -2.04. The second-order valence-electron chi connectivity index (χ2n) is 4.11. The summed E-state index contributed by atoms with van der Waals surface area (Å²) in [6.45, 7) is 1.88. The second kappa shape index (κ2) is 5.67. The van der Waals surface area contributed by atoms with Crippen molar-refractivity contribution in [3.63, 3.8) is 0 Å². The summed E-state index contributed by atoms with van der Waals surface area (Å²) < 4.78 is 1.17. The number of fused-ring (bicyclic) bond motifs is 1. The third-order valence-corrected chi connectivity index (χ3v) is 3.71. The zero-order chi connectivity index (χ0) is 13.8. The lowest BCUT2D eigenvalue weighted by molar-refractivity contribution is -0.131. The van der Waals surface area contributed by atoms with Gasteiger partial charge in [0.2, 0.25) is 5.91 Å². The van der Waals surface area contributed by atoms with Gasteiger partial charge in [-0.05, 0) is 29.3 Å². The Morgan fingerprint density at radius 2 is 2.11 bits per heavy atom. The Morgan fingerprint density at radius 1 is 1.37 bits per heavy atom. The van der Waals surface area contributed by atoms with Gasteiger partial charge in [-0.2, -0.15) is 0 Å². The molecule has 4 nitrogen and oxygen atoms in total. The predicted octanol–water partition coefficient (Wildman–Crippen LogP) is 2.55. The van der Waals surface area contributed by atoms with Gasteiger partial charge in [-0.15, -0.1) is 11.3 Å². The van der Waals surface area contributed by atoms with Crippen LogP contribution in [0.5, 0.6) is 0 Å². The molecule has 0 aliphatic carbocycles. The largest absolute Gasteiger partial charge is 0.478 e. The number of thiophene rings is 1. The van der Waals surface area contributed by atoms with Crippen molar-refractivity contribution in [2.45, 2.75) is 13.5 Å². The number of carboxylic acids is 1. The van der Waals surface area contributed by atoms with Gasteiger partial charge in [0.15, 0.2) is 0 Å². The highest BCUT2D eigenvalue weighted by Gasteiger charge is 2.08. The molecular formula is C14H13NO3S. The molecule has 0 fully saturated rings. The van der Waals surface area contributed by atoms with Crippen molar-refractivity contribution in [1.29, 1.82) is 0 Å². The summed E-state index contributed by atoms with van der Waals surface area (Å²) in [5, 5.41) is 14.4. The van der Waals surface area contributed by atoms with Crippen molar-refractivity contribution in [2.75, 3.05) is 0 Å². The molecule has 2 N–H and O–H groups in total. The molecule has 0 radical (unpaired) electrons. The Bertz CT molecular complexity index is 658. The molecule has 5 heteroatoms. The van der Waals surface area contributed by atoms with Gasteiger partial charge >= 0.3 is 5.97 Å². The molecule has 0 spiro atoms. The number of aliphatic carboxylic acids is 1. The number of carbonyl (C=O) groups excluding carboxylic acids is 1. The van der Waals surface area contributed by atoms with Crippen LogP contribution in [0.15, 0.2) is 41.3 Å². The minimum absolute atomic E-state index is 0.187. The number of rotatable bonds is 4. The molecule has 0 atom stereocenters. The molecule has 0 bridgehead atoms. The van der Waals surface area contributed by atoms with Crippen LogP contribution in [-0.4, -0.2) is 17.0 Å². The Morgan fingerprint density at radius 3 is 2.84 bits per heavy atom. The number of carbonyl (C=O) groups is 2. The van der Waals surface area contributed by atoms with Gasteiger partial charge in [-0.1, -0.05) is 18.2 Å². The Labute approximate surface area is 114 Å². The van der Waals surface area contributed by atoms with Crippen molar-refractivity contribution in [2.24, 2.45) is 0 Å². The summed E-state index contributed by atoms with van der Waals surface area (Å²) in [4.78, 5) is 22.1. The second-order valence-corrected chi connectivity index (χ2v) is 5.02. The average Bonchev–Trinajstić information content (AvgIpc) is 2.78. The zero-order valence-electron chi connectivity index (χ0n) is 10.3. The highest BCUT2D eigenvalue weighted by molar-refractivity contribution is 7.17. The Kier molecular flexibility index (Phi) is 3.97. The van der Waals surface area contributed by atoms with E-state index in [4.69, 9.17) is 5.11 Å². The minimum atomic E-state index is -1.12. The Balaban J connectivity index is 2.07. The first-order valence-corrected chi connectivity index (χ1v) is 6.60. The highest BCUT2D eigenvalue weighted by Crippen LogP contribution is 2.25. The van der Waals surface area contributed by atoms with Crippen molar-refractivity contribution in [3.8, 4) is 0 Å². The van der Waals surface area contributed by atoms with Crippen molar-refractivity contribution in [1.82, 2.24) is 5.32 Å². The van der Waals surface area contributed by atoms with Crippen LogP contribution in [0, 0.1) is 0 Å². The Hall–Kier alpha value is -2.14. The maximum Gasteiger partial charge on any atom is 0.328 e. The smallest absolute Gasteiger partial charge is 0.328 e. The van der Waals surface area contributed by atoms with E-state index < -0.39 is 5.97 Å². The minimum Gasteiger partial charge on any atom is -0.478 e. The van der Waals surface area contributed by atoms with Crippen LogP contribution in [0.4, 0.5) is 0 Å². The molecule has 1 heterocycles.